The Morgan fingerprint density at radius 1 is 0.333 bits per heavy atom. The highest BCUT2D eigenvalue weighted by Crippen LogP contribution is 2.51. The minimum absolute atomic E-state index is 1.09. The Morgan fingerprint density at radius 2 is 0.725 bits per heavy atom. The van der Waals surface area contributed by atoms with Crippen molar-refractivity contribution in [3.05, 3.63) is 171 Å². The maximum atomic E-state index is 5.60. The molecule has 0 amide bonds. The fraction of sp³-hybridized carbons (Fsp3) is 0. The number of thiophene rings is 1. The van der Waals surface area contributed by atoms with E-state index in [0.29, 0.717) is 0 Å². The van der Waals surface area contributed by atoms with Crippen molar-refractivity contribution in [1.29, 1.82) is 0 Å². The summed E-state index contributed by atoms with van der Waals surface area (Å²) in [6.45, 7) is 0. The predicted molar refractivity (Wildman–Crippen MR) is 216 cm³/mol. The van der Waals surface area contributed by atoms with E-state index in [0.717, 1.165) is 11.1 Å². The van der Waals surface area contributed by atoms with Crippen LogP contribution in [0.4, 0.5) is 0 Å². The van der Waals surface area contributed by atoms with Gasteiger partial charge in [0.15, 0.2) is 0 Å². The summed E-state index contributed by atoms with van der Waals surface area (Å²) in [6, 6.07) is 53.2. The summed E-state index contributed by atoms with van der Waals surface area (Å²) < 4.78 is 13.8. The van der Waals surface area contributed by atoms with Gasteiger partial charge in [0.2, 0.25) is 0 Å². The van der Waals surface area contributed by atoms with Gasteiger partial charge in [0.1, 0.15) is 0 Å². The molecule has 0 fully saturated rings. The first-order chi connectivity index (χ1) is 25.3. The van der Waals surface area contributed by atoms with Crippen molar-refractivity contribution in [1.82, 2.24) is 0 Å². The molecule has 8 aromatic carbocycles. The molecule has 0 unspecified atom stereocenters. The molecule has 0 aliphatic rings. The van der Waals surface area contributed by atoms with Crippen LogP contribution in [0.3, 0.4) is 0 Å². The molecule has 3 aromatic heterocycles. The number of fused-ring (bicyclic) bond motifs is 7. The third kappa shape index (κ3) is 4.10. The molecule has 0 saturated carbocycles. The van der Waals surface area contributed by atoms with Gasteiger partial charge in [-0.2, -0.15) is 0 Å². The first kappa shape index (κ1) is 28.4. The van der Waals surface area contributed by atoms with Crippen molar-refractivity contribution in [2.24, 2.45) is 0 Å². The second kappa shape index (κ2) is 11.0. The van der Waals surface area contributed by atoms with Gasteiger partial charge in [-0.15, -0.1) is 11.3 Å². The van der Waals surface area contributed by atoms with Gasteiger partial charge in [-0.25, -0.2) is 0 Å². The third-order valence-corrected chi connectivity index (χ3v) is 11.7. The number of benzene rings is 8. The summed E-state index contributed by atoms with van der Waals surface area (Å²) in [7, 11) is 0. The fourth-order valence-corrected chi connectivity index (χ4v) is 9.77. The lowest BCUT2D eigenvalue weighted by Crippen LogP contribution is -1.91. The molecule has 0 atom stereocenters. The molecule has 238 valence electrons. The van der Waals surface area contributed by atoms with Gasteiger partial charge >= 0.3 is 0 Å². The zero-order chi connectivity index (χ0) is 33.5. The van der Waals surface area contributed by atoms with Crippen LogP contribution < -0.4 is 0 Å². The SMILES string of the molecule is c1cc(-c2c3ccccc3c(-c3ccoc3)c3ccccc23)c2c(c1)sc1c(-c3c4ccccc4c(-c4ccoc4)c4ccccc34)cccc12. The van der Waals surface area contributed by atoms with Gasteiger partial charge < -0.3 is 8.83 Å². The molecule has 2 nitrogen and oxygen atoms in total. The van der Waals surface area contributed by atoms with E-state index in [1.165, 1.54) is 96.6 Å². The van der Waals surface area contributed by atoms with E-state index >= 15 is 0 Å². The second-order valence-corrected chi connectivity index (χ2v) is 14.2. The molecule has 11 aromatic rings. The molecule has 0 spiro atoms. The summed E-state index contributed by atoms with van der Waals surface area (Å²) in [5.74, 6) is 0. The molecular weight excluding hydrogens is 641 g/mol. The normalized spacial score (nSPS) is 11.9. The van der Waals surface area contributed by atoms with Crippen molar-refractivity contribution in [3.8, 4) is 44.5 Å². The Kier molecular flexibility index (Phi) is 6.16. The zero-order valence-corrected chi connectivity index (χ0v) is 28.2. The van der Waals surface area contributed by atoms with E-state index in [4.69, 9.17) is 8.83 Å². The van der Waals surface area contributed by atoms with Gasteiger partial charge in [0.05, 0.1) is 25.1 Å². The molecule has 0 aliphatic carbocycles. The van der Waals surface area contributed by atoms with Crippen LogP contribution in [0, 0.1) is 0 Å². The van der Waals surface area contributed by atoms with Crippen molar-refractivity contribution >= 4 is 74.6 Å². The van der Waals surface area contributed by atoms with Crippen LogP contribution in [0.2, 0.25) is 0 Å². The lowest BCUT2D eigenvalue weighted by molar-refractivity contribution is 0.568. The topological polar surface area (TPSA) is 26.3 Å². The molecular formula is C48H28O2S. The number of rotatable bonds is 4. The number of hydrogen-bond acceptors (Lipinski definition) is 3. The Labute approximate surface area is 297 Å². The van der Waals surface area contributed by atoms with Crippen LogP contribution in [0.25, 0.3) is 108 Å². The standard InChI is InChI=1S/C48H28O2S/c1-5-15-35-31(11-1)43(29-23-25-49-27-29)32-12-2-6-16-36(32)45(35)39-19-10-22-42-47(39)41-21-9-20-40(48(41)51-42)46-37-17-7-3-13-33(37)44(30-24-26-50-28-30)34-14-4-8-18-38(34)46/h1-28H. The van der Waals surface area contributed by atoms with Crippen LogP contribution in [0.5, 0.6) is 0 Å². The Morgan fingerprint density at radius 3 is 1.18 bits per heavy atom. The van der Waals surface area contributed by atoms with Crippen LogP contribution in [0.1, 0.15) is 0 Å². The van der Waals surface area contributed by atoms with E-state index < -0.39 is 0 Å². The van der Waals surface area contributed by atoms with Gasteiger partial charge in [0.25, 0.3) is 0 Å². The zero-order valence-electron chi connectivity index (χ0n) is 27.4. The molecule has 3 heterocycles. The van der Waals surface area contributed by atoms with E-state index in [-0.39, 0.29) is 0 Å². The highest BCUT2D eigenvalue weighted by atomic mass is 32.1. The van der Waals surface area contributed by atoms with Gasteiger partial charge in [-0.1, -0.05) is 127 Å². The quantitative estimate of drug-likeness (QED) is 0.175. The molecule has 11 rings (SSSR count). The average Bonchev–Trinajstić information content (AvgIpc) is 3.98. The average molecular weight is 669 g/mol. The molecule has 3 heteroatoms. The van der Waals surface area contributed by atoms with Crippen LogP contribution in [0.15, 0.2) is 179 Å². The van der Waals surface area contributed by atoms with Crippen molar-refractivity contribution in [2.75, 3.05) is 0 Å². The highest BCUT2D eigenvalue weighted by Gasteiger charge is 2.23. The predicted octanol–water partition coefficient (Wildman–Crippen LogP) is 14.5. The molecule has 0 N–H and O–H groups in total. The summed E-state index contributed by atoms with van der Waals surface area (Å²) in [6.07, 6.45) is 7.24. The first-order valence-corrected chi connectivity index (χ1v) is 18.0. The monoisotopic (exact) mass is 668 g/mol. The minimum Gasteiger partial charge on any atom is -0.472 e. The molecule has 51 heavy (non-hydrogen) atoms. The Hall–Kier alpha value is -6.42. The maximum Gasteiger partial charge on any atom is 0.0981 e. The molecule has 0 radical (unpaired) electrons. The minimum atomic E-state index is 1.09. The lowest BCUT2D eigenvalue weighted by Gasteiger charge is -2.18. The van der Waals surface area contributed by atoms with Crippen LogP contribution in [-0.4, -0.2) is 0 Å². The Bertz CT molecular complexity index is 3010. The highest BCUT2D eigenvalue weighted by molar-refractivity contribution is 7.26. The van der Waals surface area contributed by atoms with Gasteiger partial charge in [-0.05, 0) is 78.0 Å². The summed E-state index contributed by atoms with van der Waals surface area (Å²) in [4.78, 5) is 0. The molecule has 0 aliphatic heterocycles. The lowest BCUT2D eigenvalue weighted by atomic mass is 9.85. The van der Waals surface area contributed by atoms with Gasteiger partial charge in [0, 0.05) is 48.0 Å². The molecule has 0 saturated heterocycles. The fourth-order valence-electron chi connectivity index (χ4n) is 8.53. The number of furan rings is 2. The van der Waals surface area contributed by atoms with Crippen molar-refractivity contribution in [2.45, 2.75) is 0 Å². The number of hydrogen-bond donors (Lipinski definition) is 0. The molecule has 0 bridgehead atoms. The van der Waals surface area contributed by atoms with Crippen LogP contribution >= 0.6 is 11.3 Å². The van der Waals surface area contributed by atoms with E-state index in [9.17, 15) is 0 Å². The van der Waals surface area contributed by atoms with Crippen molar-refractivity contribution in [3.63, 3.8) is 0 Å². The van der Waals surface area contributed by atoms with Crippen LogP contribution in [-0.2, 0) is 0 Å². The Balaban J connectivity index is 1.25. The van der Waals surface area contributed by atoms with E-state index in [1.54, 1.807) is 12.5 Å². The first-order valence-electron chi connectivity index (χ1n) is 17.2. The van der Waals surface area contributed by atoms with E-state index in [1.807, 2.05) is 23.9 Å². The largest absolute Gasteiger partial charge is 0.472 e. The smallest absolute Gasteiger partial charge is 0.0981 e. The summed E-state index contributed by atoms with van der Waals surface area (Å²) in [5.41, 5.74) is 9.66. The van der Waals surface area contributed by atoms with Crippen molar-refractivity contribution < 1.29 is 8.83 Å². The maximum absolute atomic E-state index is 5.60. The van der Waals surface area contributed by atoms with E-state index in [2.05, 4.69) is 146 Å². The summed E-state index contributed by atoms with van der Waals surface area (Å²) >= 11 is 1.90. The third-order valence-electron chi connectivity index (χ3n) is 10.5. The van der Waals surface area contributed by atoms with Gasteiger partial charge in [-0.3, -0.25) is 0 Å². The summed E-state index contributed by atoms with van der Waals surface area (Å²) in [5, 5.41) is 12.4. The second-order valence-electron chi connectivity index (χ2n) is 13.2.